The lowest BCUT2D eigenvalue weighted by Gasteiger charge is -2.13. The van der Waals surface area contributed by atoms with E-state index in [0.717, 1.165) is 12.8 Å². The van der Waals surface area contributed by atoms with Gasteiger partial charge in [0.05, 0.1) is 18.9 Å². The zero-order valence-electron chi connectivity index (χ0n) is 10.6. The maximum Gasteiger partial charge on any atom is 0.253 e. The van der Waals surface area contributed by atoms with Crippen LogP contribution in [0.1, 0.15) is 19.8 Å². The Hall–Kier alpha value is -1.75. The normalized spacial score (nSPS) is 22.8. The molecule has 0 aromatic heterocycles. The third kappa shape index (κ3) is 2.73. The van der Waals surface area contributed by atoms with Crippen molar-refractivity contribution in [3.8, 4) is 5.75 Å². The first-order valence-electron chi connectivity index (χ1n) is 6.00. The maximum absolute atomic E-state index is 11.9. The lowest BCUT2D eigenvalue weighted by atomic mass is 10.2. The fourth-order valence-electron chi connectivity index (χ4n) is 2.03. The Morgan fingerprint density at radius 2 is 2.28 bits per heavy atom. The van der Waals surface area contributed by atoms with Gasteiger partial charge in [0.2, 0.25) is 0 Å². The molecule has 5 heteroatoms. The number of nitrogens with one attached hydrogen (secondary N) is 1. The minimum absolute atomic E-state index is 0.121. The molecule has 2 atom stereocenters. The highest BCUT2D eigenvalue weighted by Gasteiger charge is 2.28. The van der Waals surface area contributed by atoms with E-state index in [9.17, 15) is 4.79 Å². The molecule has 1 amide bonds. The van der Waals surface area contributed by atoms with Gasteiger partial charge in [-0.1, -0.05) is 0 Å². The van der Waals surface area contributed by atoms with Gasteiger partial charge in [0.1, 0.15) is 11.9 Å². The number of hydrogen-bond donors (Lipinski definition) is 2. The number of nitrogen functional groups attached to an aromatic ring is 1. The number of hydrogen-bond acceptors (Lipinski definition) is 4. The lowest BCUT2D eigenvalue weighted by Crippen LogP contribution is -2.27. The summed E-state index contributed by atoms with van der Waals surface area (Å²) in [7, 11) is 1.55. The predicted molar refractivity (Wildman–Crippen MR) is 69.6 cm³/mol. The summed E-state index contributed by atoms with van der Waals surface area (Å²) in [5, 5.41) is 2.80. The van der Waals surface area contributed by atoms with Gasteiger partial charge in [-0.15, -0.1) is 0 Å². The summed E-state index contributed by atoms with van der Waals surface area (Å²) >= 11 is 0. The van der Waals surface area contributed by atoms with Crippen LogP contribution in [0, 0.1) is 0 Å². The third-order valence-corrected chi connectivity index (χ3v) is 3.02. The van der Waals surface area contributed by atoms with Crippen LogP contribution in [0.2, 0.25) is 0 Å². The van der Waals surface area contributed by atoms with Crippen LogP contribution in [0.25, 0.3) is 0 Å². The van der Waals surface area contributed by atoms with Gasteiger partial charge in [0, 0.05) is 5.69 Å². The second-order valence-corrected chi connectivity index (χ2v) is 4.46. The molecular weight excluding hydrogens is 232 g/mol. The van der Waals surface area contributed by atoms with E-state index in [4.69, 9.17) is 15.2 Å². The molecule has 1 saturated heterocycles. The minimum atomic E-state index is -0.358. The van der Waals surface area contributed by atoms with Crippen molar-refractivity contribution in [1.82, 2.24) is 0 Å². The molecule has 2 unspecified atom stereocenters. The third-order valence-electron chi connectivity index (χ3n) is 3.02. The summed E-state index contributed by atoms with van der Waals surface area (Å²) in [6, 6.07) is 5.16. The van der Waals surface area contributed by atoms with Crippen molar-refractivity contribution in [3.05, 3.63) is 18.2 Å². The highest BCUT2D eigenvalue weighted by Crippen LogP contribution is 2.26. The van der Waals surface area contributed by atoms with Gasteiger partial charge in [-0.2, -0.15) is 0 Å². The number of nitrogens with two attached hydrogens (primary N) is 1. The topological polar surface area (TPSA) is 73.6 Å². The van der Waals surface area contributed by atoms with Gasteiger partial charge >= 0.3 is 0 Å². The number of amides is 1. The van der Waals surface area contributed by atoms with Gasteiger partial charge in [0.15, 0.2) is 0 Å². The van der Waals surface area contributed by atoms with Crippen molar-refractivity contribution in [2.45, 2.75) is 32.0 Å². The molecule has 0 saturated carbocycles. The molecule has 1 heterocycles. The molecule has 1 fully saturated rings. The van der Waals surface area contributed by atoms with Crippen LogP contribution < -0.4 is 15.8 Å². The van der Waals surface area contributed by atoms with Crippen molar-refractivity contribution in [1.29, 1.82) is 0 Å². The number of anilines is 2. The van der Waals surface area contributed by atoms with E-state index in [-0.39, 0.29) is 18.1 Å². The monoisotopic (exact) mass is 250 g/mol. The SMILES string of the molecule is COc1ccc(NC(=O)C2CCC(C)O2)cc1N. The highest BCUT2D eigenvalue weighted by molar-refractivity contribution is 5.94. The first-order chi connectivity index (χ1) is 8.60. The molecule has 1 aliphatic heterocycles. The van der Waals surface area contributed by atoms with E-state index in [1.807, 2.05) is 6.92 Å². The summed E-state index contributed by atoms with van der Waals surface area (Å²) in [6.45, 7) is 1.97. The largest absolute Gasteiger partial charge is 0.495 e. The smallest absolute Gasteiger partial charge is 0.253 e. The molecular formula is C13H18N2O3. The summed E-state index contributed by atoms with van der Waals surface area (Å²) in [5.41, 5.74) is 6.93. The Balaban J connectivity index is 2.01. The van der Waals surface area contributed by atoms with Gasteiger partial charge in [0.25, 0.3) is 5.91 Å². The van der Waals surface area contributed by atoms with Crippen molar-refractivity contribution in [2.24, 2.45) is 0 Å². The number of rotatable bonds is 3. The van der Waals surface area contributed by atoms with Crippen LogP contribution in [0.4, 0.5) is 11.4 Å². The van der Waals surface area contributed by atoms with E-state index in [2.05, 4.69) is 5.32 Å². The molecule has 18 heavy (non-hydrogen) atoms. The van der Waals surface area contributed by atoms with Gasteiger partial charge < -0.3 is 20.5 Å². The Morgan fingerprint density at radius 1 is 1.50 bits per heavy atom. The average molecular weight is 250 g/mol. The summed E-state index contributed by atoms with van der Waals surface area (Å²) in [5.74, 6) is 0.475. The van der Waals surface area contributed by atoms with Crippen LogP contribution in [-0.4, -0.2) is 25.2 Å². The first-order valence-corrected chi connectivity index (χ1v) is 6.00. The molecule has 3 N–H and O–H groups in total. The van der Waals surface area contributed by atoms with Crippen LogP contribution >= 0.6 is 0 Å². The van der Waals surface area contributed by atoms with Crippen molar-refractivity contribution in [2.75, 3.05) is 18.2 Å². The van der Waals surface area contributed by atoms with Gasteiger partial charge in [-0.25, -0.2) is 0 Å². The molecule has 0 radical (unpaired) electrons. The summed E-state index contributed by atoms with van der Waals surface area (Å²) in [4.78, 5) is 11.9. The van der Waals surface area contributed by atoms with Crippen LogP contribution in [-0.2, 0) is 9.53 Å². The minimum Gasteiger partial charge on any atom is -0.495 e. The van der Waals surface area contributed by atoms with Crippen LogP contribution in [0.5, 0.6) is 5.75 Å². The van der Waals surface area contributed by atoms with Crippen LogP contribution in [0.3, 0.4) is 0 Å². The second-order valence-electron chi connectivity index (χ2n) is 4.46. The molecule has 0 spiro atoms. The van der Waals surface area contributed by atoms with E-state index >= 15 is 0 Å². The molecule has 5 nitrogen and oxygen atoms in total. The fraction of sp³-hybridized carbons (Fsp3) is 0.462. The lowest BCUT2D eigenvalue weighted by molar-refractivity contribution is -0.126. The number of methoxy groups -OCH3 is 1. The van der Waals surface area contributed by atoms with Crippen LogP contribution in [0.15, 0.2) is 18.2 Å². The standard InChI is InChI=1S/C13H18N2O3/c1-8-3-5-12(18-8)13(16)15-9-4-6-11(17-2)10(14)7-9/h4,6-8,12H,3,5,14H2,1-2H3,(H,15,16). The van der Waals surface area contributed by atoms with E-state index in [1.54, 1.807) is 25.3 Å². The van der Waals surface area contributed by atoms with Gasteiger partial charge in [-0.3, -0.25) is 4.79 Å². The van der Waals surface area contributed by atoms with Crippen molar-refractivity contribution >= 4 is 17.3 Å². The number of carbonyl (C=O) groups is 1. The molecule has 1 aromatic carbocycles. The Labute approximate surface area is 106 Å². The molecule has 0 bridgehead atoms. The average Bonchev–Trinajstić information content (AvgIpc) is 2.76. The molecule has 98 valence electrons. The van der Waals surface area contributed by atoms with E-state index < -0.39 is 0 Å². The maximum atomic E-state index is 11.9. The zero-order chi connectivity index (χ0) is 13.1. The zero-order valence-corrected chi connectivity index (χ0v) is 10.6. The highest BCUT2D eigenvalue weighted by atomic mass is 16.5. The molecule has 1 aliphatic rings. The molecule has 0 aliphatic carbocycles. The molecule has 2 rings (SSSR count). The Morgan fingerprint density at radius 3 is 2.83 bits per heavy atom. The summed E-state index contributed by atoms with van der Waals surface area (Å²) in [6.07, 6.45) is 1.48. The second kappa shape index (κ2) is 5.27. The number of carbonyl (C=O) groups excluding carboxylic acids is 1. The quantitative estimate of drug-likeness (QED) is 0.802. The van der Waals surface area contributed by atoms with Crippen molar-refractivity contribution in [3.63, 3.8) is 0 Å². The predicted octanol–water partition coefficient (Wildman–Crippen LogP) is 1.78. The van der Waals surface area contributed by atoms with Crippen molar-refractivity contribution < 1.29 is 14.3 Å². The van der Waals surface area contributed by atoms with E-state index in [0.29, 0.717) is 17.1 Å². The summed E-state index contributed by atoms with van der Waals surface area (Å²) < 4.78 is 10.6. The van der Waals surface area contributed by atoms with Gasteiger partial charge in [-0.05, 0) is 38.0 Å². The fourth-order valence-corrected chi connectivity index (χ4v) is 2.03. The Bertz CT molecular complexity index is 448. The van der Waals surface area contributed by atoms with E-state index in [1.165, 1.54) is 0 Å². The molecule has 1 aromatic rings. The number of benzene rings is 1. The number of ether oxygens (including phenoxy) is 2. The first kappa shape index (κ1) is 12.7. The Kier molecular flexibility index (Phi) is 3.72.